The molecule has 0 bridgehead atoms. The van der Waals surface area contributed by atoms with E-state index in [0.717, 1.165) is 31.6 Å². The first-order chi connectivity index (χ1) is 13.8. The number of ether oxygens (including phenoxy) is 1. The summed E-state index contributed by atoms with van der Waals surface area (Å²) < 4.78 is 7.44. The second-order valence-corrected chi connectivity index (χ2v) is 7.47. The van der Waals surface area contributed by atoms with Gasteiger partial charge in [-0.3, -0.25) is 4.68 Å². The van der Waals surface area contributed by atoms with Crippen LogP contribution in [0, 0.1) is 0 Å². The molecule has 0 aliphatic heterocycles. The predicted octanol–water partition coefficient (Wildman–Crippen LogP) is 5.25. The monoisotopic (exact) mass is 369 g/mol. The Labute approximate surface area is 164 Å². The van der Waals surface area contributed by atoms with Crippen molar-refractivity contribution < 1.29 is 4.74 Å². The van der Waals surface area contributed by atoms with Crippen molar-refractivity contribution in [2.45, 2.75) is 25.9 Å². The van der Waals surface area contributed by atoms with E-state index in [1.165, 1.54) is 37.9 Å². The molecular formula is C24H23N3O. The fourth-order valence-corrected chi connectivity index (χ4v) is 4.17. The molecule has 0 atom stereocenters. The summed E-state index contributed by atoms with van der Waals surface area (Å²) in [5, 5.41) is 16.1. The minimum absolute atomic E-state index is 0.534. The molecule has 0 saturated heterocycles. The number of aromatic nitrogens is 3. The largest absolute Gasteiger partial charge is 0.375 e. The van der Waals surface area contributed by atoms with E-state index in [-0.39, 0.29) is 0 Å². The van der Waals surface area contributed by atoms with E-state index in [2.05, 4.69) is 64.9 Å². The Balaban J connectivity index is 1.29. The quantitative estimate of drug-likeness (QED) is 0.290. The normalized spacial score (nSPS) is 11.9. The molecule has 0 saturated carbocycles. The van der Waals surface area contributed by atoms with E-state index in [9.17, 15) is 0 Å². The van der Waals surface area contributed by atoms with Crippen LogP contribution >= 0.6 is 0 Å². The van der Waals surface area contributed by atoms with Crippen molar-refractivity contribution in [2.24, 2.45) is 7.05 Å². The highest BCUT2D eigenvalue weighted by molar-refractivity contribution is 6.23. The van der Waals surface area contributed by atoms with Crippen LogP contribution in [0.25, 0.3) is 32.3 Å². The Bertz CT molecular complexity index is 1230. The van der Waals surface area contributed by atoms with Gasteiger partial charge in [0.2, 0.25) is 0 Å². The van der Waals surface area contributed by atoms with Crippen molar-refractivity contribution in [3.63, 3.8) is 0 Å². The zero-order valence-electron chi connectivity index (χ0n) is 16.1. The van der Waals surface area contributed by atoms with Gasteiger partial charge in [0.15, 0.2) is 0 Å². The molecule has 0 amide bonds. The lowest BCUT2D eigenvalue weighted by atomic mass is 9.91. The van der Waals surface area contributed by atoms with E-state index in [1.54, 1.807) is 4.68 Å². The van der Waals surface area contributed by atoms with Gasteiger partial charge in [0.05, 0.1) is 12.8 Å². The number of rotatable bonds is 7. The Morgan fingerprint density at radius 2 is 1.61 bits per heavy atom. The summed E-state index contributed by atoms with van der Waals surface area (Å²) in [4.78, 5) is 0. The van der Waals surface area contributed by atoms with Crippen LogP contribution in [0.2, 0.25) is 0 Å². The Morgan fingerprint density at radius 1 is 0.857 bits per heavy atom. The van der Waals surface area contributed by atoms with Gasteiger partial charge < -0.3 is 4.74 Å². The van der Waals surface area contributed by atoms with Crippen molar-refractivity contribution >= 4 is 32.3 Å². The van der Waals surface area contributed by atoms with Crippen molar-refractivity contribution in [1.29, 1.82) is 0 Å². The minimum atomic E-state index is 0.534. The Morgan fingerprint density at radius 3 is 2.39 bits per heavy atom. The van der Waals surface area contributed by atoms with Crippen LogP contribution in [0.15, 0.2) is 60.8 Å². The lowest BCUT2D eigenvalue weighted by molar-refractivity contribution is 0.114. The first-order valence-electron chi connectivity index (χ1n) is 9.88. The summed E-state index contributed by atoms with van der Waals surface area (Å²) in [5.74, 6) is 0. The molecule has 0 aliphatic carbocycles. The summed E-state index contributed by atoms with van der Waals surface area (Å²) in [6.45, 7) is 1.29. The van der Waals surface area contributed by atoms with Gasteiger partial charge in [-0.1, -0.05) is 59.8 Å². The Kier molecular flexibility index (Phi) is 4.41. The average molecular weight is 369 g/mol. The van der Waals surface area contributed by atoms with Crippen LogP contribution in [0.1, 0.15) is 24.1 Å². The van der Waals surface area contributed by atoms with E-state index in [1.807, 2.05) is 13.2 Å². The lowest BCUT2D eigenvalue weighted by Crippen LogP contribution is -1.97. The van der Waals surface area contributed by atoms with Crippen molar-refractivity contribution in [3.05, 3.63) is 72.1 Å². The molecule has 4 heteroatoms. The molecule has 4 nitrogen and oxygen atoms in total. The summed E-state index contributed by atoms with van der Waals surface area (Å²) in [7, 11) is 1.87. The maximum Gasteiger partial charge on any atom is 0.108 e. The first kappa shape index (κ1) is 17.1. The standard InChI is InChI=1S/C24H23N3O/c1-27-15-21(25-26-27)16-28-14-3-2-5-17-8-9-20-11-10-18-6-4-7-19-12-13-22(17)24(20)23(18)19/h4,6-13,15H,2-3,5,14,16H2,1H3. The topological polar surface area (TPSA) is 39.9 Å². The fourth-order valence-electron chi connectivity index (χ4n) is 4.17. The van der Waals surface area contributed by atoms with Crippen LogP contribution in [0.3, 0.4) is 0 Å². The maximum absolute atomic E-state index is 5.74. The molecule has 0 N–H and O–H groups in total. The minimum Gasteiger partial charge on any atom is -0.375 e. The SMILES string of the molecule is Cn1cc(COCCCCc2ccc3ccc4cccc5ccc2c3c45)nn1. The van der Waals surface area contributed by atoms with Gasteiger partial charge in [0.1, 0.15) is 5.69 Å². The molecular weight excluding hydrogens is 346 g/mol. The van der Waals surface area contributed by atoms with Gasteiger partial charge >= 0.3 is 0 Å². The van der Waals surface area contributed by atoms with Crippen molar-refractivity contribution in [3.8, 4) is 0 Å². The second-order valence-electron chi connectivity index (χ2n) is 7.47. The number of benzene rings is 4. The second kappa shape index (κ2) is 7.21. The molecule has 0 aliphatic rings. The predicted molar refractivity (Wildman–Crippen MR) is 114 cm³/mol. The van der Waals surface area contributed by atoms with Crippen LogP contribution in [-0.2, 0) is 24.8 Å². The number of hydrogen-bond donors (Lipinski definition) is 0. The zero-order chi connectivity index (χ0) is 18.9. The third-order valence-corrected chi connectivity index (χ3v) is 5.50. The maximum atomic E-state index is 5.74. The van der Waals surface area contributed by atoms with Gasteiger partial charge in [0, 0.05) is 13.7 Å². The molecule has 5 rings (SSSR count). The number of unbranched alkanes of at least 4 members (excludes halogenated alkanes) is 1. The Hall–Kier alpha value is -2.98. The van der Waals surface area contributed by atoms with Gasteiger partial charge in [-0.2, -0.15) is 0 Å². The van der Waals surface area contributed by atoms with Crippen LogP contribution in [0.4, 0.5) is 0 Å². The molecule has 0 spiro atoms. The number of nitrogens with zero attached hydrogens (tertiary/aromatic N) is 3. The molecule has 140 valence electrons. The molecule has 0 radical (unpaired) electrons. The zero-order valence-corrected chi connectivity index (χ0v) is 16.1. The number of aryl methyl sites for hydroxylation is 2. The molecule has 1 aromatic heterocycles. The van der Waals surface area contributed by atoms with Gasteiger partial charge in [-0.05, 0) is 57.1 Å². The summed E-state index contributed by atoms with van der Waals surface area (Å²) >= 11 is 0. The third-order valence-electron chi connectivity index (χ3n) is 5.50. The highest BCUT2D eigenvalue weighted by Gasteiger charge is 2.10. The molecule has 5 aromatic rings. The fraction of sp³-hybridized carbons (Fsp3) is 0.250. The van der Waals surface area contributed by atoms with Gasteiger partial charge in [-0.25, -0.2) is 0 Å². The summed E-state index contributed by atoms with van der Waals surface area (Å²) in [6, 6.07) is 20.2. The highest BCUT2D eigenvalue weighted by Crippen LogP contribution is 2.36. The van der Waals surface area contributed by atoms with E-state index in [4.69, 9.17) is 4.74 Å². The molecule has 28 heavy (non-hydrogen) atoms. The molecule has 0 unspecified atom stereocenters. The van der Waals surface area contributed by atoms with Crippen molar-refractivity contribution in [2.75, 3.05) is 6.61 Å². The van der Waals surface area contributed by atoms with E-state index in [0.29, 0.717) is 6.61 Å². The van der Waals surface area contributed by atoms with Crippen LogP contribution in [-0.4, -0.2) is 21.6 Å². The van der Waals surface area contributed by atoms with Crippen LogP contribution < -0.4 is 0 Å². The average Bonchev–Trinajstić information content (AvgIpc) is 3.14. The highest BCUT2D eigenvalue weighted by atomic mass is 16.5. The molecule has 4 aromatic carbocycles. The van der Waals surface area contributed by atoms with Gasteiger partial charge in [-0.15, -0.1) is 5.10 Å². The summed E-state index contributed by atoms with van der Waals surface area (Å²) in [6.07, 6.45) is 5.13. The molecule has 0 fully saturated rings. The van der Waals surface area contributed by atoms with Gasteiger partial charge in [0.25, 0.3) is 0 Å². The van der Waals surface area contributed by atoms with Crippen LogP contribution in [0.5, 0.6) is 0 Å². The first-order valence-corrected chi connectivity index (χ1v) is 9.88. The third kappa shape index (κ3) is 3.10. The smallest absolute Gasteiger partial charge is 0.108 e. The van der Waals surface area contributed by atoms with Crippen molar-refractivity contribution in [1.82, 2.24) is 15.0 Å². The summed E-state index contributed by atoms with van der Waals surface area (Å²) in [5.41, 5.74) is 2.31. The van der Waals surface area contributed by atoms with E-state index >= 15 is 0 Å². The van der Waals surface area contributed by atoms with E-state index < -0.39 is 0 Å². The lowest BCUT2D eigenvalue weighted by Gasteiger charge is -2.14. The number of hydrogen-bond acceptors (Lipinski definition) is 3. The molecule has 1 heterocycles.